The van der Waals surface area contributed by atoms with E-state index in [9.17, 15) is 18.4 Å². The molecule has 2 atom stereocenters. The number of carbonyl (C=O) groups is 2. The minimum Gasteiger partial charge on any atom is -0.477 e. The summed E-state index contributed by atoms with van der Waals surface area (Å²) in [6.07, 6.45) is 11.4. The number of para-hydroxylation sites is 2. The third-order valence-electron chi connectivity index (χ3n) is 13.0. The number of halogens is 2. The van der Waals surface area contributed by atoms with Crippen molar-refractivity contribution in [3.63, 3.8) is 0 Å². The highest BCUT2D eigenvalue weighted by atomic mass is 19.1. The van der Waals surface area contributed by atoms with Crippen LogP contribution < -0.4 is 9.80 Å². The van der Waals surface area contributed by atoms with Crippen LogP contribution >= 0.6 is 0 Å². The molecule has 4 aliphatic heterocycles. The third-order valence-corrected chi connectivity index (χ3v) is 13.0. The first-order valence-corrected chi connectivity index (χ1v) is 24.1. The second-order valence-corrected chi connectivity index (χ2v) is 17.8. The number of unbranched alkanes of at least 4 members (excludes halogenated alkanes) is 2. The molecule has 0 saturated carbocycles. The molecule has 70 heavy (non-hydrogen) atoms. The van der Waals surface area contributed by atoms with E-state index in [4.69, 9.17) is 19.1 Å². The van der Waals surface area contributed by atoms with Crippen LogP contribution in [0.5, 0.6) is 0 Å². The molecule has 2 fully saturated rings. The van der Waals surface area contributed by atoms with Crippen LogP contribution in [-0.4, -0.2) is 123 Å². The molecule has 4 aliphatic rings. The van der Waals surface area contributed by atoms with Crippen molar-refractivity contribution in [1.82, 2.24) is 19.9 Å². The zero-order valence-corrected chi connectivity index (χ0v) is 40.0. The fourth-order valence-electron chi connectivity index (χ4n) is 8.90. The summed E-state index contributed by atoms with van der Waals surface area (Å²) in [5.41, 5.74) is 0.832. The van der Waals surface area contributed by atoms with E-state index >= 15 is 0 Å². The van der Waals surface area contributed by atoms with Crippen molar-refractivity contribution in [2.45, 2.75) is 50.9 Å². The predicted molar refractivity (Wildman–Crippen MR) is 266 cm³/mol. The standard InChI is InChI=1S/C54H62F2N8O6/c1-53(43-17-21-45(55)22-18-43)57-29-27-49(67-41-11-9-31-59-33-37-61(38-34-59)47-13-5-3-6-14-47)63(53)69-51(65)25-26-52(66)70-64-50(28-30-58-54(64,2)44-19-23-46(56)24-20-44)68-42-12-10-32-60-35-39-62(40-36-60)48-15-7-4-8-16-48/h3-8,13-30H,9-12,31-42H2,1-2H3/b26-25-. The number of hydrogen-bond donors (Lipinski definition) is 0. The maximum atomic E-state index is 14.1. The Morgan fingerprint density at radius 1 is 0.529 bits per heavy atom. The molecule has 16 heteroatoms. The monoisotopic (exact) mass is 956 g/mol. The van der Waals surface area contributed by atoms with Crippen LogP contribution in [0, 0.1) is 11.6 Å². The van der Waals surface area contributed by atoms with Gasteiger partial charge >= 0.3 is 11.9 Å². The summed E-state index contributed by atoms with van der Waals surface area (Å²) in [6.45, 7) is 13.7. The van der Waals surface area contributed by atoms with Gasteiger partial charge in [-0.25, -0.2) is 18.4 Å². The number of allylic oxidation sites excluding steroid dienone is 2. The second kappa shape index (κ2) is 23.5. The van der Waals surface area contributed by atoms with Gasteiger partial charge in [-0.05, 0) is 101 Å². The highest BCUT2D eigenvalue weighted by Gasteiger charge is 2.42. The van der Waals surface area contributed by atoms with Crippen molar-refractivity contribution in [1.29, 1.82) is 0 Å². The molecular formula is C54H62F2N8O6. The Labute approximate surface area is 409 Å². The van der Waals surface area contributed by atoms with E-state index in [2.05, 4.69) is 78.1 Å². The van der Waals surface area contributed by atoms with Gasteiger partial charge in [0.15, 0.2) is 11.3 Å². The predicted octanol–water partition coefficient (Wildman–Crippen LogP) is 8.18. The van der Waals surface area contributed by atoms with Gasteiger partial charge in [0.2, 0.25) is 11.8 Å². The van der Waals surface area contributed by atoms with Crippen LogP contribution in [0.1, 0.15) is 50.7 Å². The third kappa shape index (κ3) is 12.6. The lowest BCUT2D eigenvalue weighted by molar-refractivity contribution is -0.221. The fourth-order valence-corrected chi connectivity index (χ4v) is 8.90. The van der Waals surface area contributed by atoms with Gasteiger partial charge in [-0.15, -0.1) is 10.1 Å². The average Bonchev–Trinajstić information content (AvgIpc) is 3.38. The van der Waals surface area contributed by atoms with Crippen molar-refractivity contribution in [2.75, 3.05) is 88.5 Å². The van der Waals surface area contributed by atoms with Gasteiger partial charge < -0.3 is 28.9 Å². The number of ether oxygens (including phenoxy) is 2. The molecule has 0 amide bonds. The van der Waals surface area contributed by atoms with E-state index in [1.807, 2.05) is 12.1 Å². The summed E-state index contributed by atoms with van der Waals surface area (Å²) < 4.78 is 40.7. The van der Waals surface area contributed by atoms with Crippen LogP contribution in [0.25, 0.3) is 0 Å². The second-order valence-electron chi connectivity index (χ2n) is 17.8. The molecule has 2 unspecified atom stereocenters. The zero-order chi connectivity index (χ0) is 48.8. The van der Waals surface area contributed by atoms with Gasteiger partial charge in [-0.1, -0.05) is 60.7 Å². The molecule has 4 aromatic rings. The average molecular weight is 957 g/mol. The van der Waals surface area contributed by atoms with E-state index in [1.165, 1.54) is 45.8 Å². The quantitative estimate of drug-likeness (QED) is 0.0629. The van der Waals surface area contributed by atoms with Gasteiger partial charge in [0.1, 0.15) is 11.6 Å². The van der Waals surface area contributed by atoms with E-state index in [-0.39, 0.29) is 11.8 Å². The Bertz CT molecular complexity index is 2320. The van der Waals surface area contributed by atoms with E-state index in [0.29, 0.717) is 24.3 Å². The molecule has 0 N–H and O–H groups in total. The number of hydrogen-bond acceptors (Lipinski definition) is 14. The Morgan fingerprint density at radius 3 is 1.27 bits per heavy atom. The summed E-state index contributed by atoms with van der Waals surface area (Å²) in [5.74, 6) is -2.32. The zero-order valence-electron chi connectivity index (χ0n) is 40.0. The normalized spacial score (nSPS) is 20.9. The van der Waals surface area contributed by atoms with Crippen molar-refractivity contribution in [2.24, 2.45) is 9.98 Å². The van der Waals surface area contributed by atoms with Crippen LogP contribution in [0.15, 0.2) is 155 Å². The summed E-state index contributed by atoms with van der Waals surface area (Å²) in [5, 5.41) is 2.46. The molecule has 8 rings (SSSR count). The SMILES string of the molecule is CC1(c2ccc(F)cc2)N=CC=C(OCCCCN2CCN(c3ccccc3)CC2)N1OC(=O)/C=C\C(=O)ON1C(OCCCCN2CCN(c3ccccc3)CC2)=CC=NC1(C)c1ccc(F)cc1. The van der Waals surface area contributed by atoms with Crippen LogP contribution in [0.4, 0.5) is 20.2 Å². The van der Waals surface area contributed by atoms with Crippen molar-refractivity contribution >= 4 is 35.7 Å². The number of piperazine rings is 2. The Balaban J connectivity index is 0.866. The summed E-state index contributed by atoms with van der Waals surface area (Å²) in [7, 11) is 0. The molecule has 14 nitrogen and oxygen atoms in total. The van der Waals surface area contributed by atoms with Crippen molar-refractivity contribution < 1.29 is 37.5 Å². The van der Waals surface area contributed by atoms with Crippen molar-refractivity contribution in [3.8, 4) is 0 Å². The molecule has 4 heterocycles. The van der Waals surface area contributed by atoms with E-state index in [0.717, 1.165) is 103 Å². The molecule has 0 bridgehead atoms. The van der Waals surface area contributed by atoms with Gasteiger partial charge in [-0.3, -0.25) is 19.8 Å². The van der Waals surface area contributed by atoms with Crippen LogP contribution in [0.3, 0.4) is 0 Å². The fraction of sp³-hybridized carbons (Fsp3) is 0.370. The van der Waals surface area contributed by atoms with Gasteiger partial charge in [0.05, 0.1) is 13.2 Å². The minimum absolute atomic E-state index is 0.210. The van der Waals surface area contributed by atoms with E-state index < -0.39 is 34.9 Å². The Hall–Kier alpha value is -7.04. The van der Waals surface area contributed by atoms with Crippen molar-refractivity contribution in [3.05, 3.63) is 168 Å². The molecule has 0 aromatic heterocycles. The first kappa shape index (κ1) is 49.4. The number of nitrogens with zero attached hydrogens (tertiary/aromatic N) is 8. The number of carbonyl (C=O) groups excluding carboxylic acids is 2. The Kier molecular flexibility index (Phi) is 16.6. The molecule has 0 radical (unpaired) electrons. The molecule has 2 saturated heterocycles. The molecule has 0 aliphatic carbocycles. The molecule has 4 aromatic carbocycles. The topological polar surface area (TPSA) is 115 Å². The number of hydroxylamine groups is 4. The summed E-state index contributed by atoms with van der Waals surface area (Å²) >= 11 is 0. The maximum Gasteiger partial charge on any atom is 0.356 e. The Morgan fingerprint density at radius 2 is 0.900 bits per heavy atom. The summed E-state index contributed by atoms with van der Waals surface area (Å²) in [4.78, 5) is 58.1. The minimum atomic E-state index is -1.35. The maximum absolute atomic E-state index is 14.1. The van der Waals surface area contributed by atoms with Gasteiger partial charge in [0, 0.05) is 112 Å². The highest BCUT2D eigenvalue weighted by Crippen LogP contribution is 2.38. The number of benzene rings is 4. The first-order chi connectivity index (χ1) is 34.1. The summed E-state index contributed by atoms with van der Waals surface area (Å²) in [6, 6.07) is 32.3. The number of anilines is 2. The van der Waals surface area contributed by atoms with E-state index in [1.54, 1.807) is 62.7 Å². The van der Waals surface area contributed by atoms with Crippen LogP contribution in [-0.2, 0) is 40.1 Å². The van der Waals surface area contributed by atoms with Gasteiger partial charge in [0.25, 0.3) is 0 Å². The smallest absolute Gasteiger partial charge is 0.356 e. The molecule has 368 valence electrons. The van der Waals surface area contributed by atoms with Gasteiger partial charge in [-0.2, -0.15) is 0 Å². The lowest BCUT2D eigenvalue weighted by Gasteiger charge is -2.40. The molecule has 0 spiro atoms. The largest absolute Gasteiger partial charge is 0.477 e. The van der Waals surface area contributed by atoms with Crippen LogP contribution in [0.2, 0.25) is 0 Å². The first-order valence-electron chi connectivity index (χ1n) is 24.1. The highest BCUT2D eigenvalue weighted by molar-refractivity contribution is 5.91. The molecular weight excluding hydrogens is 895 g/mol. The number of aliphatic imine (C=N–C) groups is 2. The number of rotatable bonds is 20. The lowest BCUT2D eigenvalue weighted by Crippen LogP contribution is -2.46. The lowest BCUT2D eigenvalue weighted by atomic mass is 10.0.